The second kappa shape index (κ2) is 6.77. The first-order valence-corrected chi connectivity index (χ1v) is 8.66. The zero-order valence-corrected chi connectivity index (χ0v) is 15.0. The number of rotatable bonds is 3. The summed E-state index contributed by atoms with van der Waals surface area (Å²) in [6.45, 7) is 12.7. The fourth-order valence-corrected chi connectivity index (χ4v) is 3.41. The molecule has 5 nitrogen and oxygen atoms in total. The summed E-state index contributed by atoms with van der Waals surface area (Å²) in [6.07, 6.45) is 0. The van der Waals surface area contributed by atoms with Crippen LogP contribution in [0.1, 0.15) is 34.2 Å². The van der Waals surface area contributed by atoms with E-state index in [1.165, 1.54) is 0 Å². The lowest BCUT2D eigenvalue weighted by Crippen LogP contribution is -2.48. The zero-order valence-electron chi connectivity index (χ0n) is 15.0. The minimum atomic E-state index is 0.112. The van der Waals surface area contributed by atoms with E-state index in [1.54, 1.807) is 0 Å². The van der Waals surface area contributed by atoms with Crippen LogP contribution < -0.4 is 0 Å². The van der Waals surface area contributed by atoms with Crippen molar-refractivity contribution in [1.29, 1.82) is 0 Å². The van der Waals surface area contributed by atoms with E-state index >= 15 is 0 Å². The summed E-state index contributed by atoms with van der Waals surface area (Å²) < 4.78 is 1.90. The minimum Gasteiger partial charge on any atom is -0.336 e. The number of hydrogen-bond acceptors (Lipinski definition) is 3. The molecule has 0 bridgehead atoms. The summed E-state index contributed by atoms with van der Waals surface area (Å²) in [5.41, 5.74) is 4.67. The fraction of sp³-hybridized carbons (Fsp3) is 0.474. The van der Waals surface area contributed by atoms with Crippen molar-refractivity contribution in [1.82, 2.24) is 19.6 Å². The predicted octanol–water partition coefficient (Wildman–Crippen LogP) is 2.58. The van der Waals surface area contributed by atoms with Crippen LogP contribution in [0.15, 0.2) is 24.3 Å². The van der Waals surface area contributed by atoms with Crippen LogP contribution in [0.4, 0.5) is 0 Å². The van der Waals surface area contributed by atoms with Crippen molar-refractivity contribution in [3.63, 3.8) is 0 Å². The van der Waals surface area contributed by atoms with E-state index in [0.29, 0.717) is 0 Å². The number of likely N-dealkylation sites (N-methyl/N-ethyl adjacent to an activating group) is 1. The highest BCUT2D eigenvalue weighted by molar-refractivity contribution is 5.96. The SMILES string of the molecule is CCN1CCN(C(=O)c2c(C)nn(-c3ccccc3C)c2C)CC1. The number of aromatic nitrogens is 2. The maximum absolute atomic E-state index is 13.0. The lowest BCUT2D eigenvalue weighted by molar-refractivity contribution is 0.0642. The minimum absolute atomic E-state index is 0.112. The largest absolute Gasteiger partial charge is 0.336 e. The van der Waals surface area contributed by atoms with Crippen molar-refractivity contribution in [3.8, 4) is 5.69 Å². The lowest BCUT2D eigenvalue weighted by Gasteiger charge is -2.34. The molecule has 1 fully saturated rings. The predicted molar refractivity (Wildman–Crippen MR) is 95.8 cm³/mol. The Labute approximate surface area is 143 Å². The third kappa shape index (κ3) is 2.96. The Balaban J connectivity index is 1.90. The number of aryl methyl sites for hydroxylation is 2. The molecule has 5 heteroatoms. The summed E-state index contributed by atoms with van der Waals surface area (Å²) in [4.78, 5) is 17.4. The van der Waals surface area contributed by atoms with Crippen molar-refractivity contribution in [2.24, 2.45) is 0 Å². The fourth-order valence-electron chi connectivity index (χ4n) is 3.41. The standard InChI is InChI=1S/C19H26N4O/c1-5-21-10-12-22(13-11-21)19(24)18-15(3)20-23(16(18)4)17-9-7-6-8-14(17)2/h6-9H,5,10-13H2,1-4H3. The maximum Gasteiger partial charge on any atom is 0.257 e. The molecule has 3 rings (SSSR count). The quantitative estimate of drug-likeness (QED) is 0.870. The van der Waals surface area contributed by atoms with E-state index in [4.69, 9.17) is 0 Å². The Hall–Kier alpha value is -2.14. The molecular weight excluding hydrogens is 300 g/mol. The molecule has 0 aliphatic carbocycles. The summed E-state index contributed by atoms with van der Waals surface area (Å²) in [6, 6.07) is 8.13. The smallest absolute Gasteiger partial charge is 0.257 e. The molecule has 0 unspecified atom stereocenters. The van der Waals surface area contributed by atoms with Gasteiger partial charge in [0.25, 0.3) is 5.91 Å². The molecule has 2 aromatic rings. The van der Waals surface area contributed by atoms with Gasteiger partial charge in [-0.15, -0.1) is 0 Å². The molecular formula is C19H26N4O. The Morgan fingerprint density at radius 1 is 1.08 bits per heavy atom. The number of carbonyl (C=O) groups is 1. The molecule has 1 aromatic carbocycles. The van der Waals surface area contributed by atoms with E-state index in [0.717, 1.165) is 60.9 Å². The van der Waals surface area contributed by atoms with Crippen LogP contribution in [-0.2, 0) is 0 Å². The summed E-state index contributed by atoms with van der Waals surface area (Å²) >= 11 is 0. The summed E-state index contributed by atoms with van der Waals surface area (Å²) in [7, 11) is 0. The maximum atomic E-state index is 13.0. The van der Waals surface area contributed by atoms with Gasteiger partial charge in [-0.1, -0.05) is 25.1 Å². The molecule has 1 aromatic heterocycles. The highest BCUT2D eigenvalue weighted by atomic mass is 16.2. The molecule has 2 heterocycles. The van der Waals surface area contributed by atoms with Crippen molar-refractivity contribution < 1.29 is 4.79 Å². The second-order valence-electron chi connectivity index (χ2n) is 6.47. The zero-order chi connectivity index (χ0) is 17.3. The van der Waals surface area contributed by atoms with Gasteiger partial charge in [-0.25, -0.2) is 4.68 Å². The molecule has 0 saturated carbocycles. The van der Waals surface area contributed by atoms with Gasteiger partial charge in [0, 0.05) is 26.2 Å². The molecule has 1 aliphatic heterocycles. The van der Waals surface area contributed by atoms with E-state index < -0.39 is 0 Å². The van der Waals surface area contributed by atoms with E-state index in [2.05, 4.69) is 29.9 Å². The first-order chi connectivity index (χ1) is 11.5. The number of hydrogen-bond donors (Lipinski definition) is 0. The van der Waals surface area contributed by atoms with Gasteiger partial charge in [0.2, 0.25) is 0 Å². The van der Waals surface area contributed by atoms with Crippen LogP contribution in [0.25, 0.3) is 5.69 Å². The molecule has 24 heavy (non-hydrogen) atoms. The lowest BCUT2D eigenvalue weighted by atomic mass is 10.1. The monoisotopic (exact) mass is 326 g/mol. The van der Waals surface area contributed by atoms with E-state index in [1.807, 2.05) is 41.6 Å². The van der Waals surface area contributed by atoms with E-state index in [-0.39, 0.29) is 5.91 Å². The number of amides is 1. The molecule has 128 valence electrons. The molecule has 0 radical (unpaired) electrons. The average Bonchev–Trinajstić information content (AvgIpc) is 2.89. The Bertz CT molecular complexity index is 742. The van der Waals surface area contributed by atoms with Gasteiger partial charge in [0.05, 0.1) is 22.6 Å². The van der Waals surface area contributed by atoms with Gasteiger partial charge in [0.1, 0.15) is 0 Å². The Kier molecular flexibility index (Phi) is 4.71. The van der Waals surface area contributed by atoms with Gasteiger partial charge in [-0.3, -0.25) is 4.79 Å². The van der Waals surface area contributed by atoms with Crippen LogP contribution in [0.5, 0.6) is 0 Å². The molecule has 1 aliphatic rings. The van der Waals surface area contributed by atoms with Crippen LogP contribution >= 0.6 is 0 Å². The molecule has 0 N–H and O–H groups in total. The summed E-state index contributed by atoms with van der Waals surface area (Å²) in [5, 5.41) is 4.65. The first-order valence-electron chi connectivity index (χ1n) is 8.66. The Morgan fingerprint density at radius 2 is 1.75 bits per heavy atom. The van der Waals surface area contributed by atoms with Crippen LogP contribution in [-0.4, -0.2) is 58.2 Å². The van der Waals surface area contributed by atoms with Gasteiger partial charge in [-0.05, 0) is 38.9 Å². The van der Waals surface area contributed by atoms with Gasteiger partial charge in [-0.2, -0.15) is 5.10 Å². The van der Waals surface area contributed by atoms with Crippen molar-refractivity contribution in [2.75, 3.05) is 32.7 Å². The first kappa shape index (κ1) is 16.7. The molecule has 1 saturated heterocycles. The van der Waals surface area contributed by atoms with Gasteiger partial charge < -0.3 is 9.80 Å². The third-order valence-electron chi connectivity index (χ3n) is 4.96. The van der Waals surface area contributed by atoms with Crippen LogP contribution in [0.2, 0.25) is 0 Å². The van der Waals surface area contributed by atoms with Crippen molar-refractivity contribution >= 4 is 5.91 Å². The normalized spacial score (nSPS) is 15.8. The van der Waals surface area contributed by atoms with E-state index in [9.17, 15) is 4.79 Å². The third-order valence-corrected chi connectivity index (χ3v) is 4.96. The molecule has 0 spiro atoms. The average molecular weight is 326 g/mol. The van der Waals surface area contributed by atoms with Crippen LogP contribution in [0.3, 0.4) is 0 Å². The topological polar surface area (TPSA) is 41.4 Å². The number of nitrogens with zero attached hydrogens (tertiary/aromatic N) is 4. The Morgan fingerprint density at radius 3 is 2.38 bits per heavy atom. The summed E-state index contributed by atoms with van der Waals surface area (Å²) in [5.74, 6) is 0.112. The number of carbonyl (C=O) groups excluding carboxylic acids is 1. The van der Waals surface area contributed by atoms with Gasteiger partial charge in [0.15, 0.2) is 0 Å². The van der Waals surface area contributed by atoms with Crippen molar-refractivity contribution in [2.45, 2.75) is 27.7 Å². The molecule has 1 amide bonds. The highest BCUT2D eigenvalue weighted by Crippen LogP contribution is 2.22. The van der Waals surface area contributed by atoms with Crippen LogP contribution in [0, 0.1) is 20.8 Å². The molecule has 0 atom stereocenters. The van der Waals surface area contributed by atoms with Gasteiger partial charge >= 0.3 is 0 Å². The second-order valence-corrected chi connectivity index (χ2v) is 6.47. The number of piperazine rings is 1. The highest BCUT2D eigenvalue weighted by Gasteiger charge is 2.26. The number of benzene rings is 1. The van der Waals surface area contributed by atoms with Crippen molar-refractivity contribution in [3.05, 3.63) is 46.8 Å². The number of para-hydroxylation sites is 1.